The van der Waals surface area contributed by atoms with E-state index in [9.17, 15) is 4.79 Å². The normalized spacial score (nSPS) is 8.75. The number of carbonyl (C=O) groups excluding carboxylic acids is 1. The standard InChI is InChI=1S/C8H16O2.Al.Cu.2H/c1-2-3-4-5-6-7-8(9)10;;;;/h2-7H2,1H3,(H,9,10);;;;/q;+1;;;/p-1. The molecule has 0 saturated carbocycles. The first-order chi connectivity index (χ1) is 5.31. The molecule has 0 unspecified atom stereocenters. The van der Waals surface area contributed by atoms with Gasteiger partial charge in [0, 0.05) is 23.5 Å². The van der Waals surface area contributed by atoms with Crippen LogP contribution in [0.5, 0.6) is 0 Å². The van der Waals surface area contributed by atoms with Gasteiger partial charge in [0.25, 0.3) is 5.97 Å². The van der Waals surface area contributed by atoms with Gasteiger partial charge in [0.1, 0.15) is 0 Å². The van der Waals surface area contributed by atoms with Crippen molar-refractivity contribution in [3.8, 4) is 0 Å². The fourth-order valence-corrected chi connectivity index (χ4v) is 1.18. The minimum Gasteiger partial charge on any atom is -0.621 e. The van der Waals surface area contributed by atoms with E-state index in [1.807, 2.05) is 0 Å². The van der Waals surface area contributed by atoms with E-state index in [1.54, 1.807) is 0 Å². The molecule has 0 aliphatic carbocycles. The Bertz CT molecular complexity index is 109. The molecule has 0 aromatic carbocycles. The van der Waals surface area contributed by atoms with Crippen molar-refractivity contribution < 1.29 is 25.7 Å². The summed E-state index contributed by atoms with van der Waals surface area (Å²) < 4.78 is 4.66. The summed E-state index contributed by atoms with van der Waals surface area (Å²) in [5.74, 6) is -0.0202. The first-order valence-electron chi connectivity index (χ1n) is 4.38. The smallest absolute Gasteiger partial charge is 0.499 e. The van der Waals surface area contributed by atoms with Gasteiger partial charge in [-0.1, -0.05) is 32.6 Å². The first-order valence-corrected chi connectivity index (χ1v) is 5.19. The van der Waals surface area contributed by atoms with E-state index >= 15 is 0 Å². The predicted octanol–water partition coefficient (Wildman–Crippen LogP) is 1.44. The van der Waals surface area contributed by atoms with Crippen LogP contribution in [0.4, 0.5) is 0 Å². The van der Waals surface area contributed by atoms with E-state index in [2.05, 4.69) is 10.7 Å². The van der Waals surface area contributed by atoms with Crippen molar-refractivity contribution in [2.24, 2.45) is 0 Å². The summed E-state index contributed by atoms with van der Waals surface area (Å²) in [5.41, 5.74) is 0. The van der Waals surface area contributed by atoms with Crippen molar-refractivity contribution in [3.63, 3.8) is 0 Å². The zero-order chi connectivity index (χ0) is 8.53. The quantitative estimate of drug-likeness (QED) is 0.515. The SMILES string of the molecule is CCCCCCCC(=O)[O][AlH2].[Cu]. The second-order valence-electron chi connectivity index (χ2n) is 2.74. The Morgan fingerprint density at radius 1 is 1.25 bits per heavy atom. The van der Waals surface area contributed by atoms with Crippen molar-refractivity contribution in [2.75, 3.05) is 0 Å². The van der Waals surface area contributed by atoms with Gasteiger partial charge in [-0.3, -0.25) is 4.79 Å². The van der Waals surface area contributed by atoms with Crippen molar-refractivity contribution in [1.82, 2.24) is 0 Å². The molecule has 0 fully saturated rings. The number of rotatable bonds is 6. The van der Waals surface area contributed by atoms with E-state index in [4.69, 9.17) is 0 Å². The molecule has 4 heteroatoms. The zero-order valence-corrected chi connectivity index (χ0v) is 10.8. The van der Waals surface area contributed by atoms with Crippen LogP contribution >= 0.6 is 0 Å². The fourth-order valence-electron chi connectivity index (χ4n) is 0.975. The van der Waals surface area contributed by atoms with Gasteiger partial charge in [0.2, 0.25) is 0 Å². The molecular weight excluding hydrogens is 219 g/mol. The van der Waals surface area contributed by atoms with Gasteiger partial charge in [-0.2, -0.15) is 0 Å². The third-order valence-corrected chi connectivity index (χ3v) is 2.17. The molecule has 0 atom stereocenters. The molecular formula is C8H17AlCuO2. The minimum absolute atomic E-state index is 0. The molecule has 0 aromatic heterocycles. The average Bonchev–Trinajstić information content (AvgIpc) is 2.04. The molecule has 2 nitrogen and oxygen atoms in total. The van der Waals surface area contributed by atoms with E-state index in [-0.39, 0.29) is 23.0 Å². The molecule has 75 valence electrons. The largest absolute Gasteiger partial charge is 0.621 e. The summed E-state index contributed by atoms with van der Waals surface area (Å²) in [6, 6.07) is 0. The van der Waals surface area contributed by atoms with Crippen molar-refractivity contribution in [3.05, 3.63) is 0 Å². The topological polar surface area (TPSA) is 26.3 Å². The Labute approximate surface area is 93.7 Å². The van der Waals surface area contributed by atoms with E-state index < -0.39 is 0 Å². The molecule has 1 radical (unpaired) electrons. The van der Waals surface area contributed by atoms with E-state index in [0.29, 0.717) is 23.0 Å². The van der Waals surface area contributed by atoms with Gasteiger partial charge < -0.3 is 3.79 Å². The van der Waals surface area contributed by atoms with Gasteiger partial charge in [-0.05, 0) is 6.42 Å². The zero-order valence-electron chi connectivity index (χ0n) is 7.86. The molecule has 0 N–H and O–H groups in total. The molecule has 0 aliphatic rings. The Balaban J connectivity index is 0. The molecule has 12 heavy (non-hydrogen) atoms. The second-order valence-corrected chi connectivity index (χ2v) is 3.15. The predicted molar refractivity (Wildman–Crippen MR) is 48.0 cm³/mol. The number of hydrogen-bond acceptors (Lipinski definition) is 2. The van der Waals surface area contributed by atoms with Crippen molar-refractivity contribution in [2.45, 2.75) is 45.4 Å². The average molecular weight is 236 g/mol. The van der Waals surface area contributed by atoms with Crippen LogP contribution in [-0.4, -0.2) is 22.6 Å². The Hall–Kier alpha value is 0.522. The van der Waals surface area contributed by atoms with E-state index in [0.717, 1.165) is 6.42 Å². The molecule has 0 aromatic rings. The minimum atomic E-state index is -0.0202. The second kappa shape index (κ2) is 11.5. The molecule has 0 aliphatic heterocycles. The van der Waals surface area contributed by atoms with Crippen molar-refractivity contribution in [1.29, 1.82) is 0 Å². The number of hydrogen-bond donors (Lipinski definition) is 0. The Morgan fingerprint density at radius 2 is 1.83 bits per heavy atom. The summed E-state index contributed by atoms with van der Waals surface area (Å²) in [5, 5.41) is 0. The van der Waals surface area contributed by atoms with Crippen LogP contribution < -0.4 is 0 Å². The summed E-state index contributed by atoms with van der Waals surface area (Å²) in [7, 11) is 0. The summed E-state index contributed by atoms with van der Waals surface area (Å²) in [4.78, 5) is 10.7. The maximum Gasteiger partial charge on any atom is 0.499 e. The van der Waals surface area contributed by atoms with Crippen molar-refractivity contribution >= 4 is 22.6 Å². The van der Waals surface area contributed by atoms with Gasteiger partial charge in [-0.15, -0.1) is 0 Å². The molecule has 0 spiro atoms. The van der Waals surface area contributed by atoms with Crippen LogP contribution in [0.2, 0.25) is 0 Å². The summed E-state index contributed by atoms with van der Waals surface area (Å²) in [6.45, 7) is 2.19. The van der Waals surface area contributed by atoms with Crippen LogP contribution in [0.3, 0.4) is 0 Å². The van der Waals surface area contributed by atoms with Crippen LogP contribution in [0.25, 0.3) is 0 Å². The van der Waals surface area contributed by atoms with Gasteiger partial charge in [0.05, 0.1) is 0 Å². The molecule has 0 saturated heterocycles. The first kappa shape index (κ1) is 15.0. The van der Waals surface area contributed by atoms with E-state index in [1.165, 1.54) is 25.7 Å². The fraction of sp³-hybridized carbons (Fsp3) is 0.875. The summed E-state index contributed by atoms with van der Waals surface area (Å²) >= 11 is 0.543. The van der Waals surface area contributed by atoms with Gasteiger partial charge in [-0.25, -0.2) is 0 Å². The van der Waals surface area contributed by atoms with Crippen LogP contribution in [0, 0.1) is 0 Å². The van der Waals surface area contributed by atoms with Crippen LogP contribution in [-0.2, 0) is 25.7 Å². The maximum absolute atomic E-state index is 10.7. The molecule has 0 bridgehead atoms. The Morgan fingerprint density at radius 3 is 2.33 bits per heavy atom. The van der Waals surface area contributed by atoms with Crippen LogP contribution in [0.1, 0.15) is 45.4 Å². The third kappa shape index (κ3) is 10.5. The summed E-state index contributed by atoms with van der Waals surface area (Å²) in [6.07, 6.45) is 6.59. The monoisotopic (exact) mass is 235 g/mol. The van der Waals surface area contributed by atoms with Gasteiger partial charge >= 0.3 is 16.6 Å². The third-order valence-electron chi connectivity index (χ3n) is 1.71. The molecule has 0 heterocycles. The number of unbranched alkanes of at least 4 members (excludes halogenated alkanes) is 4. The molecule has 0 rings (SSSR count). The Kier molecular flexibility index (Phi) is 14.4. The van der Waals surface area contributed by atoms with Gasteiger partial charge in [0.15, 0.2) is 0 Å². The maximum atomic E-state index is 10.7. The van der Waals surface area contributed by atoms with Crippen LogP contribution in [0.15, 0.2) is 0 Å². The number of carbonyl (C=O) groups is 1. The molecule has 0 amide bonds.